The minimum atomic E-state index is -1.26. The van der Waals surface area contributed by atoms with Gasteiger partial charge >= 0.3 is 5.97 Å². The van der Waals surface area contributed by atoms with Crippen LogP contribution in [-0.2, 0) is 33.4 Å². The topological polar surface area (TPSA) is 135 Å². The van der Waals surface area contributed by atoms with E-state index in [0.717, 1.165) is 0 Å². The fourth-order valence-electron chi connectivity index (χ4n) is 7.59. The molecule has 0 aliphatic carbocycles. The molecule has 3 saturated heterocycles. The highest BCUT2D eigenvalue weighted by Gasteiger charge is 2.76. The fourth-order valence-corrected chi connectivity index (χ4v) is 7.59. The van der Waals surface area contributed by atoms with Gasteiger partial charge in [-0.2, -0.15) is 0 Å². The van der Waals surface area contributed by atoms with Crippen LogP contribution < -0.4 is 5.32 Å². The molecule has 2 N–H and O–H groups in total. The van der Waals surface area contributed by atoms with Crippen LogP contribution in [0.1, 0.15) is 65.0 Å². The number of carbonyl (C=O) groups is 4. The van der Waals surface area contributed by atoms with Crippen LogP contribution in [0.4, 0.5) is 0 Å². The van der Waals surface area contributed by atoms with E-state index in [4.69, 9.17) is 14.2 Å². The highest BCUT2D eigenvalue weighted by atomic mass is 16.6. The third-order valence-electron chi connectivity index (χ3n) is 9.80. The highest BCUT2D eigenvalue weighted by Crippen LogP contribution is 2.59. The minimum absolute atomic E-state index is 0.0643. The van der Waals surface area contributed by atoms with Crippen molar-refractivity contribution in [3.05, 3.63) is 61.2 Å². The Labute approximate surface area is 278 Å². The van der Waals surface area contributed by atoms with Crippen LogP contribution in [0.25, 0.3) is 0 Å². The number of esters is 1. The number of nitrogens with one attached hydrogen (secondary N) is 1. The lowest BCUT2D eigenvalue weighted by Crippen LogP contribution is -2.60. The summed E-state index contributed by atoms with van der Waals surface area (Å²) in [5.41, 5.74) is -0.609. The fraction of sp³-hybridized carbons (Fsp3) is 0.611. The molecule has 4 rings (SSSR count). The Kier molecular flexibility index (Phi) is 12.0. The number of ether oxygens (including phenoxy) is 3. The number of benzene rings is 1. The molecule has 3 amide bonds. The molecule has 2 bridgehead atoms. The number of aliphatic hydroxyl groups is 1. The lowest BCUT2D eigenvalue weighted by atomic mass is 9.70. The zero-order chi connectivity index (χ0) is 34.5. The number of fused-ring (bicyclic) bond motifs is 1. The Bertz CT molecular complexity index is 1300. The summed E-state index contributed by atoms with van der Waals surface area (Å²) in [4.78, 5) is 59.3. The van der Waals surface area contributed by atoms with Crippen LogP contribution in [0.3, 0.4) is 0 Å². The maximum atomic E-state index is 14.5. The third kappa shape index (κ3) is 7.03. The summed E-state index contributed by atoms with van der Waals surface area (Å²) in [5.74, 6) is -3.72. The normalized spacial score (nSPS) is 26.6. The predicted molar refractivity (Wildman–Crippen MR) is 176 cm³/mol. The van der Waals surface area contributed by atoms with E-state index in [1.807, 2.05) is 45.9 Å². The quantitative estimate of drug-likeness (QED) is 0.194. The van der Waals surface area contributed by atoms with Gasteiger partial charge in [-0.15, -0.1) is 13.2 Å². The van der Waals surface area contributed by atoms with Crippen LogP contribution >= 0.6 is 0 Å². The zero-order valence-electron chi connectivity index (χ0n) is 28.3. The highest BCUT2D eigenvalue weighted by molar-refractivity contribution is 5.98. The van der Waals surface area contributed by atoms with E-state index >= 15 is 0 Å². The summed E-state index contributed by atoms with van der Waals surface area (Å²) < 4.78 is 18.3. The molecule has 1 aromatic carbocycles. The first-order chi connectivity index (χ1) is 22.5. The maximum absolute atomic E-state index is 14.5. The van der Waals surface area contributed by atoms with E-state index in [1.165, 1.54) is 12.0 Å². The van der Waals surface area contributed by atoms with Crippen LogP contribution in [-0.4, -0.2) is 101 Å². The number of likely N-dealkylation sites (tertiary alicyclic amines) is 1. The largest absolute Gasteiger partial charge is 0.455 e. The van der Waals surface area contributed by atoms with Crippen molar-refractivity contribution in [3.63, 3.8) is 0 Å². The number of amides is 3. The molecular formula is C36H51N3O8. The number of nitrogens with zero attached hydrogens (tertiary/aromatic N) is 2. The lowest BCUT2D eigenvalue weighted by molar-refractivity contribution is -0.164. The molecule has 0 unspecified atom stereocenters. The molecule has 3 aliphatic rings. The maximum Gasteiger partial charge on any atom is 0.313 e. The van der Waals surface area contributed by atoms with Crippen LogP contribution in [0.2, 0.25) is 0 Å². The Balaban J connectivity index is 1.73. The van der Waals surface area contributed by atoms with E-state index in [9.17, 15) is 24.3 Å². The van der Waals surface area contributed by atoms with Crippen molar-refractivity contribution in [3.8, 4) is 0 Å². The second-order valence-corrected chi connectivity index (χ2v) is 13.4. The zero-order valence-corrected chi connectivity index (χ0v) is 28.3. The molecule has 0 radical (unpaired) electrons. The monoisotopic (exact) mass is 653 g/mol. The molecule has 11 heteroatoms. The van der Waals surface area contributed by atoms with Crippen molar-refractivity contribution in [1.82, 2.24) is 15.1 Å². The first-order valence-corrected chi connectivity index (χ1v) is 16.6. The molecular weight excluding hydrogens is 602 g/mol. The molecule has 11 nitrogen and oxygen atoms in total. The summed E-state index contributed by atoms with van der Waals surface area (Å²) in [7, 11) is 1.50. The first-order valence-electron chi connectivity index (χ1n) is 16.6. The second kappa shape index (κ2) is 15.6. The van der Waals surface area contributed by atoms with Gasteiger partial charge in [0.2, 0.25) is 17.7 Å². The van der Waals surface area contributed by atoms with E-state index in [-0.39, 0.29) is 50.0 Å². The summed E-state index contributed by atoms with van der Waals surface area (Å²) in [5, 5.41) is 13.4. The van der Waals surface area contributed by atoms with Crippen LogP contribution in [0.5, 0.6) is 0 Å². The van der Waals surface area contributed by atoms with Gasteiger partial charge in [-0.1, -0.05) is 56.3 Å². The van der Waals surface area contributed by atoms with Gasteiger partial charge < -0.3 is 34.4 Å². The van der Waals surface area contributed by atoms with Crippen molar-refractivity contribution in [2.45, 2.75) is 95.4 Å². The average molecular weight is 654 g/mol. The number of allylic oxidation sites excluding steroid dienone is 1. The Hall–Kier alpha value is -3.54. The summed E-state index contributed by atoms with van der Waals surface area (Å²) in [6, 6.07) is 6.48. The minimum Gasteiger partial charge on any atom is -0.455 e. The molecule has 3 aliphatic heterocycles. The molecule has 1 spiro atoms. The Morgan fingerprint density at radius 3 is 2.45 bits per heavy atom. The van der Waals surface area contributed by atoms with Gasteiger partial charge in [-0.25, -0.2) is 0 Å². The Morgan fingerprint density at radius 1 is 1.17 bits per heavy atom. The summed E-state index contributed by atoms with van der Waals surface area (Å²) >= 11 is 0. The van der Waals surface area contributed by atoms with E-state index in [0.29, 0.717) is 24.8 Å². The van der Waals surface area contributed by atoms with Gasteiger partial charge in [0.1, 0.15) is 17.7 Å². The first kappa shape index (κ1) is 36.3. The van der Waals surface area contributed by atoms with Crippen LogP contribution in [0.15, 0.2) is 55.6 Å². The van der Waals surface area contributed by atoms with Crippen molar-refractivity contribution in [2.75, 3.05) is 26.9 Å². The molecule has 1 aromatic rings. The number of hydrogen-bond donors (Lipinski definition) is 2. The summed E-state index contributed by atoms with van der Waals surface area (Å²) in [6.07, 6.45) is 3.31. The smallest absolute Gasteiger partial charge is 0.313 e. The van der Waals surface area contributed by atoms with Crippen molar-refractivity contribution >= 4 is 23.7 Å². The van der Waals surface area contributed by atoms with Gasteiger partial charge in [0.25, 0.3) is 0 Å². The van der Waals surface area contributed by atoms with Gasteiger partial charge in [-0.05, 0) is 44.6 Å². The van der Waals surface area contributed by atoms with Gasteiger partial charge in [0, 0.05) is 26.1 Å². The number of rotatable bonds is 17. The molecule has 3 heterocycles. The molecule has 258 valence electrons. The van der Waals surface area contributed by atoms with Crippen LogP contribution in [0, 0.1) is 17.8 Å². The third-order valence-corrected chi connectivity index (χ3v) is 9.80. The van der Waals surface area contributed by atoms with Gasteiger partial charge in [0.15, 0.2) is 0 Å². The number of carbonyl (C=O) groups excluding carboxylic acids is 4. The number of hydrogen-bond acceptors (Lipinski definition) is 8. The summed E-state index contributed by atoms with van der Waals surface area (Å²) in [6.45, 7) is 15.1. The standard InChI is InChI=1S/C36H51N3O8/c1-8-10-16-28(41)37-25(21-45-7)31(24-14-12-11-13-15-24)46-35(44)29-27-17-18-36(47-27)30(29)33(42)39(26(20-40)22(3)4)32(36)34(43)38(19-9-2)23(5)6/h8-9,11-15,22-23,25-27,29-32,40H,1-2,10,16-21H2,3-7H3,(H,37,41)/t25-,26+,27+,29-,30-,31-,32+,36-/m1/s1. The van der Waals surface area contributed by atoms with Gasteiger partial charge in [0.05, 0.1) is 43.2 Å². The SMILES string of the molecule is C=CCCC(=O)N[C@H](COC)[C@H](OC(=O)[C@@H]1[C@@H]2CC[C@]3(O2)[C@H](C(=O)N(CC=C)C(C)C)N([C@@H](CO)C(C)C)C(=O)[C@@H]13)c1ccccc1. The molecule has 0 saturated carbocycles. The molecule has 8 atom stereocenters. The number of aliphatic hydroxyl groups excluding tert-OH is 1. The van der Waals surface area contributed by atoms with Crippen molar-refractivity contribution in [1.29, 1.82) is 0 Å². The molecule has 3 fully saturated rings. The van der Waals surface area contributed by atoms with Crippen molar-refractivity contribution < 1.29 is 38.5 Å². The van der Waals surface area contributed by atoms with E-state index < -0.39 is 59.6 Å². The van der Waals surface area contributed by atoms with Gasteiger partial charge in [-0.3, -0.25) is 19.2 Å². The lowest BCUT2D eigenvalue weighted by Gasteiger charge is -2.41. The predicted octanol–water partition coefficient (Wildman–Crippen LogP) is 3.18. The average Bonchev–Trinajstić information content (AvgIpc) is 3.69. The van der Waals surface area contributed by atoms with Crippen molar-refractivity contribution in [2.24, 2.45) is 17.8 Å². The van der Waals surface area contributed by atoms with E-state index in [2.05, 4.69) is 18.5 Å². The van der Waals surface area contributed by atoms with E-state index in [1.54, 1.807) is 29.2 Å². The second-order valence-electron chi connectivity index (χ2n) is 13.4. The number of methoxy groups -OCH3 is 1. The Morgan fingerprint density at radius 2 is 1.87 bits per heavy atom. The molecule has 47 heavy (non-hydrogen) atoms. The molecule has 0 aromatic heterocycles.